The van der Waals surface area contributed by atoms with Crippen LogP contribution >= 0.6 is 24.0 Å². The lowest BCUT2D eigenvalue weighted by Gasteiger charge is -2.42. The normalized spacial score (nSPS) is 21.0. The molecule has 0 bridgehead atoms. The zero-order valence-corrected chi connectivity index (χ0v) is 14.3. The Balaban J connectivity index is 0.00000242. The summed E-state index contributed by atoms with van der Waals surface area (Å²) in [7, 11) is 0. The number of piperidine rings is 1. The number of nitrogens with zero attached hydrogens (tertiary/aromatic N) is 1. The van der Waals surface area contributed by atoms with Gasteiger partial charge < -0.3 is 11.1 Å². The Bertz CT molecular complexity index is 540. The molecule has 1 aromatic rings. The van der Waals surface area contributed by atoms with E-state index in [0.29, 0.717) is 5.02 Å². The van der Waals surface area contributed by atoms with Crippen LogP contribution in [0.1, 0.15) is 20.3 Å². The predicted octanol–water partition coefficient (Wildman–Crippen LogP) is 2.90. The Hall–Kier alpha value is -0.880. The van der Waals surface area contributed by atoms with Crippen molar-refractivity contribution in [2.45, 2.75) is 26.3 Å². The molecule has 1 unspecified atom stereocenters. The number of nitrogens with one attached hydrogen (secondary N) is 1. The summed E-state index contributed by atoms with van der Waals surface area (Å²) in [4.78, 5) is 14.1. The van der Waals surface area contributed by atoms with Gasteiger partial charge >= 0.3 is 0 Å². The predicted molar refractivity (Wildman–Crippen MR) is 90.1 cm³/mol. The molecule has 7 heteroatoms. The van der Waals surface area contributed by atoms with Crippen LogP contribution in [-0.2, 0) is 4.79 Å². The number of hydrogen-bond acceptors (Lipinski definition) is 3. The van der Waals surface area contributed by atoms with Gasteiger partial charge in [0, 0.05) is 24.2 Å². The number of rotatable bonds is 3. The van der Waals surface area contributed by atoms with Gasteiger partial charge in [0.15, 0.2) is 0 Å². The molecular weight excluding hydrogens is 328 g/mol. The van der Waals surface area contributed by atoms with Crippen molar-refractivity contribution in [3.05, 3.63) is 29.0 Å². The number of likely N-dealkylation sites (tertiary alicyclic amines) is 1. The number of nitrogens with two attached hydrogens (primary N) is 1. The number of carbonyl (C=O) groups is 1. The van der Waals surface area contributed by atoms with Gasteiger partial charge in [0.25, 0.3) is 0 Å². The molecular formula is C15H22Cl2FN3O. The molecule has 1 fully saturated rings. The maximum absolute atomic E-state index is 13.6. The van der Waals surface area contributed by atoms with Gasteiger partial charge in [-0.2, -0.15) is 0 Å². The minimum absolute atomic E-state index is 0. The van der Waals surface area contributed by atoms with Gasteiger partial charge in [-0.15, -0.1) is 12.4 Å². The summed E-state index contributed by atoms with van der Waals surface area (Å²) in [6.45, 7) is 5.94. The Morgan fingerprint density at radius 3 is 2.86 bits per heavy atom. The fourth-order valence-corrected chi connectivity index (χ4v) is 2.78. The van der Waals surface area contributed by atoms with Crippen molar-refractivity contribution in [2.24, 2.45) is 11.1 Å². The minimum atomic E-state index is -0.492. The van der Waals surface area contributed by atoms with E-state index in [1.54, 1.807) is 0 Å². The van der Waals surface area contributed by atoms with Gasteiger partial charge in [-0.05, 0) is 30.0 Å². The van der Waals surface area contributed by atoms with E-state index in [1.807, 2.05) is 4.90 Å². The second-order valence-corrected chi connectivity index (χ2v) is 6.70. The topological polar surface area (TPSA) is 58.4 Å². The average Bonchev–Trinajstić information content (AvgIpc) is 2.38. The molecule has 1 atom stereocenters. The van der Waals surface area contributed by atoms with Crippen molar-refractivity contribution >= 4 is 35.6 Å². The molecule has 0 radical (unpaired) electrons. The number of benzene rings is 1. The summed E-state index contributed by atoms with van der Waals surface area (Å²) in [6.07, 6.45) is 0.853. The molecule has 0 saturated carbocycles. The molecule has 3 N–H and O–H groups in total. The number of amides is 1. The standard InChI is InChI=1S/C15H21ClFN3O.ClH/c1-15(2)9-20(6-5-13(15)18)8-14(21)19-12-7-10(16)3-4-11(12)17;/h3-4,7,13H,5-6,8-9,18H2,1-2H3,(H,19,21);1H. The fraction of sp³-hybridized carbons (Fsp3) is 0.533. The highest BCUT2D eigenvalue weighted by Crippen LogP contribution is 2.27. The van der Waals surface area contributed by atoms with Crippen molar-refractivity contribution in [2.75, 3.05) is 25.0 Å². The Morgan fingerprint density at radius 1 is 1.55 bits per heavy atom. The molecule has 0 aliphatic carbocycles. The number of halogens is 3. The van der Waals surface area contributed by atoms with Crippen LogP contribution < -0.4 is 11.1 Å². The van der Waals surface area contributed by atoms with E-state index >= 15 is 0 Å². The summed E-state index contributed by atoms with van der Waals surface area (Å²) < 4.78 is 13.6. The van der Waals surface area contributed by atoms with E-state index in [-0.39, 0.29) is 42.0 Å². The van der Waals surface area contributed by atoms with Crippen LogP contribution in [0.3, 0.4) is 0 Å². The highest BCUT2D eigenvalue weighted by atomic mass is 35.5. The highest BCUT2D eigenvalue weighted by molar-refractivity contribution is 6.30. The molecule has 0 aromatic heterocycles. The second-order valence-electron chi connectivity index (χ2n) is 6.27. The van der Waals surface area contributed by atoms with E-state index in [0.717, 1.165) is 19.5 Å². The van der Waals surface area contributed by atoms with E-state index in [4.69, 9.17) is 17.3 Å². The van der Waals surface area contributed by atoms with Crippen LogP contribution in [-0.4, -0.2) is 36.5 Å². The number of anilines is 1. The molecule has 22 heavy (non-hydrogen) atoms. The van der Waals surface area contributed by atoms with Crippen LogP contribution in [0.2, 0.25) is 5.02 Å². The first-order valence-corrected chi connectivity index (χ1v) is 7.38. The third-order valence-electron chi connectivity index (χ3n) is 3.96. The third-order valence-corrected chi connectivity index (χ3v) is 4.20. The maximum Gasteiger partial charge on any atom is 0.238 e. The smallest absolute Gasteiger partial charge is 0.238 e. The molecule has 1 saturated heterocycles. The molecule has 2 rings (SSSR count). The highest BCUT2D eigenvalue weighted by Gasteiger charge is 2.33. The minimum Gasteiger partial charge on any atom is -0.327 e. The first-order valence-electron chi connectivity index (χ1n) is 7.01. The summed E-state index contributed by atoms with van der Waals surface area (Å²) in [6, 6.07) is 4.23. The molecule has 0 spiro atoms. The van der Waals surface area contributed by atoms with E-state index in [1.165, 1.54) is 18.2 Å². The van der Waals surface area contributed by atoms with Gasteiger partial charge in [-0.25, -0.2) is 4.39 Å². The Kier molecular flexibility index (Phi) is 6.62. The van der Waals surface area contributed by atoms with Gasteiger partial charge in [0.05, 0.1) is 12.2 Å². The van der Waals surface area contributed by atoms with E-state index in [9.17, 15) is 9.18 Å². The van der Waals surface area contributed by atoms with Crippen molar-refractivity contribution in [1.82, 2.24) is 4.90 Å². The average molecular weight is 350 g/mol. The molecule has 1 aliphatic rings. The van der Waals surface area contributed by atoms with Crippen LogP contribution in [0.25, 0.3) is 0 Å². The fourth-order valence-electron chi connectivity index (χ4n) is 2.61. The van der Waals surface area contributed by atoms with Gasteiger partial charge in [-0.3, -0.25) is 9.69 Å². The second kappa shape index (κ2) is 7.59. The maximum atomic E-state index is 13.6. The van der Waals surface area contributed by atoms with Crippen LogP contribution in [0, 0.1) is 11.2 Å². The van der Waals surface area contributed by atoms with Crippen LogP contribution in [0.15, 0.2) is 18.2 Å². The van der Waals surface area contributed by atoms with Crippen molar-refractivity contribution in [1.29, 1.82) is 0 Å². The summed E-state index contributed by atoms with van der Waals surface area (Å²) >= 11 is 5.80. The summed E-state index contributed by atoms with van der Waals surface area (Å²) in [5, 5.41) is 2.95. The van der Waals surface area contributed by atoms with Gasteiger partial charge in [0.1, 0.15) is 5.82 Å². The lowest BCUT2D eigenvalue weighted by Crippen LogP contribution is -2.53. The van der Waals surface area contributed by atoms with Crippen molar-refractivity contribution in [3.8, 4) is 0 Å². The summed E-state index contributed by atoms with van der Waals surface area (Å²) in [5.74, 6) is -0.740. The van der Waals surface area contributed by atoms with Crippen LogP contribution in [0.4, 0.5) is 10.1 Å². The molecule has 1 heterocycles. The van der Waals surface area contributed by atoms with Crippen molar-refractivity contribution in [3.63, 3.8) is 0 Å². The molecule has 1 aromatic carbocycles. The van der Waals surface area contributed by atoms with Gasteiger partial charge in [0.2, 0.25) is 5.91 Å². The zero-order chi connectivity index (χ0) is 15.6. The molecule has 124 valence electrons. The summed E-state index contributed by atoms with van der Waals surface area (Å²) in [5.41, 5.74) is 6.16. The van der Waals surface area contributed by atoms with E-state index in [2.05, 4.69) is 19.2 Å². The molecule has 1 amide bonds. The van der Waals surface area contributed by atoms with Crippen molar-refractivity contribution < 1.29 is 9.18 Å². The quantitative estimate of drug-likeness (QED) is 0.881. The van der Waals surface area contributed by atoms with Gasteiger partial charge in [-0.1, -0.05) is 25.4 Å². The third kappa shape index (κ3) is 4.81. The Labute approximate surface area is 141 Å². The first-order chi connectivity index (χ1) is 9.78. The van der Waals surface area contributed by atoms with E-state index < -0.39 is 5.82 Å². The molecule has 1 aliphatic heterocycles. The first kappa shape index (κ1) is 19.2. The Morgan fingerprint density at radius 2 is 2.23 bits per heavy atom. The largest absolute Gasteiger partial charge is 0.327 e. The lowest BCUT2D eigenvalue weighted by molar-refractivity contribution is -0.118. The number of hydrogen-bond donors (Lipinski definition) is 2. The van der Waals surface area contributed by atoms with Crippen LogP contribution in [0.5, 0.6) is 0 Å². The number of carbonyl (C=O) groups excluding carboxylic acids is 1. The zero-order valence-electron chi connectivity index (χ0n) is 12.7. The monoisotopic (exact) mass is 349 g/mol. The lowest BCUT2D eigenvalue weighted by atomic mass is 9.80. The SMILES string of the molecule is CC1(C)CN(CC(=O)Nc2cc(Cl)ccc2F)CCC1N.Cl. The molecule has 4 nitrogen and oxygen atoms in total.